The summed E-state index contributed by atoms with van der Waals surface area (Å²) in [6.07, 6.45) is -6.65. The van der Waals surface area contributed by atoms with E-state index in [0.29, 0.717) is 46.2 Å². The van der Waals surface area contributed by atoms with Gasteiger partial charge in [-0.2, -0.15) is 13.2 Å². The third kappa shape index (κ3) is 10.7. The van der Waals surface area contributed by atoms with Gasteiger partial charge >= 0.3 is 6.18 Å². The summed E-state index contributed by atoms with van der Waals surface area (Å²) in [4.78, 5) is 100.0. The highest BCUT2D eigenvalue weighted by Crippen LogP contribution is 2.59. The topological polar surface area (TPSA) is 177 Å². The number of benzene rings is 1. The quantitative estimate of drug-likeness (QED) is 0.258. The lowest BCUT2D eigenvalue weighted by atomic mass is 9.98. The molecule has 5 rings (SSSR count). The first kappa shape index (κ1) is 47.9. The van der Waals surface area contributed by atoms with Crippen LogP contribution in [0.1, 0.15) is 90.5 Å². The molecule has 61 heavy (non-hydrogen) atoms. The summed E-state index contributed by atoms with van der Waals surface area (Å²) < 4.78 is 56.2. The molecule has 20 heteroatoms. The zero-order valence-corrected chi connectivity index (χ0v) is 36.4. The Bertz CT molecular complexity index is 1880. The smallest absolute Gasteiger partial charge is 0.354 e. The van der Waals surface area contributed by atoms with Crippen LogP contribution in [0, 0.1) is 11.3 Å². The van der Waals surface area contributed by atoms with Crippen molar-refractivity contribution < 1.29 is 51.1 Å². The molecule has 2 saturated heterocycles. The van der Waals surface area contributed by atoms with Crippen molar-refractivity contribution in [3.05, 3.63) is 33.8 Å². The molecule has 0 unspecified atom stereocenters. The first-order chi connectivity index (χ1) is 28.6. The third-order valence-electron chi connectivity index (χ3n) is 12.3. The van der Waals surface area contributed by atoms with Crippen LogP contribution in [0.3, 0.4) is 0 Å². The van der Waals surface area contributed by atoms with Crippen molar-refractivity contribution in [3.63, 3.8) is 0 Å². The van der Waals surface area contributed by atoms with Crippen LogP contribution >= 0.6 is 23.2 Å². The van der Waals surface area contributed by atoms with Gasteiger partial charge in [0, 0.05) is 43.5 Å². The average Bonchev–Trinajstić information content (AvgIpc) is 4.13. The van der Waals surface area contributed by atoms with E-state index in [1.807, 2.05) is 13.8 Å². The monoisotopic (exact) mass is 903 g/mol. The van der Waals surface area contributed by atoms with E-state index < -0.39 is 121 Å². The van der Waals surface area contributed by atoms with Gasteiger partial charge in [-0.3, -0.25) is 33.6 Å². The molecular formula is C41H55Cl2F4N7O7. The van der Waals surface area contributed by atoms with Crippen LogP contribution < -0.4 is 21.3 Å². The summed E-state index contributed by atoms with van der Waals surface area (Å²) in [6.45, 7) is 4.70. The van der Waals surface area contributed by atoms with E-state index in [4.69, 9.17) is 23.2 Å². The van der Waals surface area contributed by atoms with E-state index in [1.165, 1.54) is 19.0 Å². The Morgan fingerprint density at radius 3 is 2.30 bits per heavy atom. The molecule has 0 radical (unpaired) electrons. The molecule has 2 aliphatic heterocycles. The number of carbonyl (C=O) groups is 7. The molecule has 2 heterocycles. The van der Waals surface area contributed by atoms with Crippen molar-refractivity contribution in [2.75, 3.05) is 27.2 Å². The van der Waals surface area contributed by atoms with Crippen molar-refractivity contribution >= 4 is 64.6 Å². The van der Waals surface area contributed by atoms with Gasteiger partial charge in [0.2, 0.25) is 41.4 Å². The van der Waals surface area contributed by atoms with Crippen molar-refractivity contribution in [2.45, 2.75) is 139 Å². The summed E-state index contributed by atoms with van der Waals surface area (Å²) >= 11 is 12.8. The minimum Gasteiger partial charge on any atom is -0.354 e. The maximum absolute atomic E-state index is 14.7. The van der Waals surface area contributed by atoms with Gasteiger partial charge in [-0.25, -0.2) is 4.39 Å². The van der Waals surface area contributed by atoms with Gasteiger partial charge in [-0.1, -0.05) is 44.0 Å². The molecule has 0 bridgehead atoms. The Kier molecular flexibility index (Phi) is 14.9. The maximum atomic E-state index is 14.7. The fourth-order valence-electron chi connectivity index (χ4n) is 8.14. The zero-order chi connectivity index (χ0) is 45.2. The van der Waals surface area contributed by atoms with Crippen molar-refractivity contribution in [3.8, 4) is 0 Å². The summed E-state index contributed by atoms with van der Waals surface area (Å²) in [7, 11) is 2.74. The first-order valence-electron chi connectivity index (χ1n) is 20.8. The molecule has 338 valence electrons. The highest BCUT2D eigenvalue weighted by molar-refractivity contribution is 6.33. The molecule has 6 atom stereocenters. The van der Waals surface area contributed by atoms with Crippen LogP contribution in [-0.2, 0) is 40.0 Å². The normalized spacial score (nSPS) is 26.3. The number of carbonyl (C=O) groups excluding carboxylic acids is 7. The number of nitrogens with one attached hydrogen (secondary N) is 4. The van der Waals surface area contributed by atoms with Crippen molar-refractivity contribution in [2.24, 2.45) is 11.3 Å². The van der Waals surface area contributed by atoms with E-state index >= 15 is 0 Å². The van der Waals surface area contributed by atoms with Gasteiger partial charge in [0.15, 0.2) is 0 Å². The highest BCUT2D eigenvalue weighted by atomic mass is 35.5. The highest BCUT2D eigenvalue weighted by Gasteiger charge is 2.70. The van der Waals surface area contributed by atoms with E-state index in [1.54, 1.807) is 25.1 Å². The first-order valence-corrected chi connectivity index (χ1v) is 21.5. The lowest BCUT2D eigenvalue weighted by molar-refractivity contribution is -0.199. The van der Waals surface area contributed by atoms with Crippen LogP contribution in [0.4, 0.5) is 17.6 Å². The molecule has 2 saturated carbocycles. The minimum atomic E-state index is -4.88. The number of alkyl halides is 4. The molecule has 4 N–H and O–H groups in total. The number of hydrogen-bond acceptors (Lipinski definition) is 7. The second-order valence-corrected chi connectivity index (χ2v) is 18.1. The number of likely N-dealkylation sites (N-methyl/N-ethyl adjacent to an activating group) is 2. The Morgan fingerprint density at radius 1 is 1.03 bits per heavy atom. The Labute approximate surface area is 362 Å². The summed E-state index contributed by atoms with van der Waals surface area (Å²) in [5.41, 5.74) is -3.39. The minimum absolute atomic E-state index is 0.0391. The molecule has 4 aliphatic rings. The molecule has 1 spiro atoms. The zero-order valence-electron chi connectivity index (χ0n) is 34.9. The molecule has 1 aromatic carbocycles. The van der Waals surface area contributed by atoms with Crippen molar-refractivity contribution in [1.82, 2.24) is 36.0 Å². The number of hydrogen-bond donors (Lipinski definition) is 4. The summed E-state index contributed by atoms with van der Waals surface area (Å²) in [5.74, 6) is -5.65. The van der Waals surface area contributed by atoms with Gasteiger partial charge < -0.3 is 36.0 Å². The molecule has 7 amide bonds. The molecular weight excluding hydrogens is 849 g/mol. The predicted octanol–water partition coefficient (Wildman–Crippen LogP) is 3.85. The Morgan fingerprint density at radius 2 is 1.70 bits per heavy atom. The second kappa shape index (κ2) is 19.1. The fourth-order valence-corrected chi connectivity index (χ4v) is 8.53. The van der Waals surface area contributed by atoms with Gasteiger partial charge in [-0.15, -0.1) is 0 Å². The van der Waals surface area contributed by atoms with Crippen LogP contribution in [0.2, 0.25) is 10.0 Å². The maximum Gasteiger partial charge on any atom is 0.403 e. The lowest BCUT2D eigenvalue weighted by Gasteiger charge is -2.35. The number of likely N-dealkylation sites (tertiary alicyclic amines) is 1. The van der Waals surface area contributed by atoms with E-state index in [2.05, 4.69) is 21.3 Å². The SMILES string of the molecule is CC[C@H](NC(=O)[C@@H]1C[C@@H](F)CN1C(=O)C1(C(F)(F)F)CC1)C(=O)N(C)[C@H]1CCCCNC(=O)C2(CC2)NC(=O)[C@H](Cc2cc(Cl)ccc2Cl)N(C)C(=O)[C@H](CC(C)C)NC1=O. The van der Waals surface area contributed by atoms with Crippen LogP contribution in [-0.4, -0.2) is 131 Å². The molecule has 2 aliphatic carbocycles. The van der Waals surface area contributed by atoms with E-state index in [-0.39, 0.29) is 38.1 Å². The standard InChI is InChI=1S/C41H55Cl2F4N7O7/c1-6-27(49-33(56)31-20-25(44)21-54(31)38(61)39(12-13-39)41(45,46)47)35(58)52(4)29-9-7-8-16-48-37(60)40(14-15-40)51-34(57)30(19-23-18-24(42)10-11-26(23)43)53(5)36(59)28(17-22(2)3)50-32(29)55/h10-11,18,22,25,27-31H,6-9,12-17,19-21H2,1-5H3,(H,48,60)(H,49,56)(H,50,55)(H,51,57)/t25-,27+,28+,29+,30+,31+/m1/s1. The average molecular weight is 905 g/mol. The fraction of sp³-hybridized carbons (Fsp3) is 0.683. The van der Waals surface area contributed by atoms with E-state index in [0.717, 1.165) is 4.90 Å². The van der Waals surface area contributed by atoms with E-state index in [9.17, 15) is 51.1 Å². The molecule has 0 aromatic heterocycles. The van der Waals surface area contributed by atoms with Crippen LogP contribution in [0.5, 0.6) is 0 Å². The Hall–Kier alpha value is -4.19. The second-order valence-electron chi connectivity index (χ2n) is 17.2. The molecule has 1 aromatic rings. The number of nitrogens with zero attached hydrogens (tertiary/aromatic N) is 3. The number of halogens is 6. The van der Waals surface area contributed by atoms with Gasteiger partial charge in [0.05, 0.1) is 6.54 Å². The summed E-state index contributed by atoms with van der Waals surface area (Å²) in [6, 6.07) is -1.83. The lowest BCUT2D eigenvalue weighted by Crippen LogP contribution is -2.61. The van der Waals surface area contributed by atoms with Crippen LogP contribution in [0.25, 0.3) is 0 Å². The predicted molar refractivity (Wildman–Crippen MR) is 217 cm³/mol. The largest absolute Gasteiger partial charge is 0.403 e. The molecule has 4 fully saturated rings. The van der Waals surface area contributed by atoms with Gasteiger partial charge in [0.1, 0.15) is 47.3 Å². The van der Waals surface area contributed by atoms with Crippen LogP contribution in [0.15, 0.2) is 18.2 Å². The Balaban J connectivity index is 1.39. The number of rotatable bonds is 10. The van der Waals surface area contributed by atoms with Gasteiger partial charge in [0.25, 0.3) is 0 Å². The van der Waals surface area contributed by atoms with Gasteiger partial charge in [-0.05, 0) is 87.5 Å². The number of amides is 7. The third-order valence-corrected chi connectivity index (χ3v) is 12.9. The summed E-state index contributed by atoms with van der Waals surface area (Å²) in [5, 5.41) is 11.6. The molecule has 14 nitrogen and oxygen atoms in total. The van der Waals surface area contributed by atoms with Crippen molar-refractivity contribution in [1.29, 1.82) is 0 Å².